The third kappa shape index (κ3) is 2.97. The van der Waals surface area contributed by atoms with E-state index in [0.29, 0.717) is 13.0 Å². The van der Waals surface area contributed by atoms with Gasteiger partial charge in [0.25, 0.3) is 0 Å². The summed E-state index contributed by atoms with van der Waals surface area (Å²) in [5, 5.41) is 4.40. The second kappa shape index (κ2) is 6.21. The molecule has 4 nitrogen and oxygen atoms in total. The summed E-state index contributed by atoms with van der Waals surface area (Å²) in [6.45, 7) is 5.42. The molecule has 1 aromatic heterocycles. The summed E-state index contributed by atoms with van der Waals surface area (Å²) in [7, 11) is 0. The van der Waals surface area contributed by atoms with Gasteiger partial charge in [-0.05, 0) is 29.8 Å². The first-order valence-corrected chi connectivity index (χ1v) is 8.02. The fourth-order valence-corrected chi connectivity index (χ4v) is 3.29. The number of halogens is 1. The molecule has 1 atom stereocenters. The van der Waals surface area contributed by atoms with E-state index in [1.807, 2.05) is 18.5 Å². The molecule has 1 fully saturated rings. The maximum absolute atomic E-state index is 12.2. The quantitative estimate of drug-likeness (QED) is 0.848. The lowest BCUT2D eigenvalue weighted by molar-refractivity contribution is -0.128. The van der Waals surface area contributed by atoms with Crippen LogP contribution in [0.15, 0.2) is 4.47 Å². The molecule has 100 valence electrons. The average Bonchev–Trinajstić information content (AvgIpc) is 2.67. The molecule has 0 saturated carbocycles. The third-order valence-corrected chi connectivity index (χ3v) is 4.99. The lowest BCUT2D eigenvalue weighted by Gasteiger charge is -2.21. The molecule has 1 aliphatic heterocycles. The topological polar surface area (TPSA) is 44.1 Å². The number of hydrogen-bond donors (Lipinski definition) is 0. The van der Waals surface area contributed by atoms with Crippen LogP contribution >= 0.6 is 27.7 Å². The van der Waals surface area contributed by atoms with E-state index >= 15 is 0 Å². The van der Waals surface area contributed by atoms with Gasteiger partial charge in [0.05, 0.1) is 28.9 Å². The predicted molar refractivity (Wildman–Crippen MR) is 76.1 cm³/mol. The van der Waals surface area contributed by atoms with Gasteiger partial charge < -0.3 is 4.74 Å². The molecule has 0 aromatic carbocycles. The average molecular weight is 333 g/mol. The summed E-state index contributed by atoms with van der Waals surface area (Å²) in [4.78, 5) is 12.2. The van der Waals surface area contributed by atoms with Crippen molar-refractivity contribution in [3.8, 4) is 0 Å². The summed E-state index contributed by atoms with van der Waals surface area (Å²) >= 11 is 5.29. The second-order valence-electron chi connectivity index (χ2n) is 4.24. The van der Waals surface area contributed by atoms with Gasteiger partial charge in [0.2, 0.25) is 0 Å². The molecule has 0 N–H and O–H groups in total. The van der Waals surface area contributed by atoms with E-state index < -0.39 is 0 Å². The summed E-state index contributed by atoms with van der Waals surface area (Å²) in [5.41, 5.74) is 1.89. The van der Waals surface area contributed by atoms with E-state index in [0.717, 1.165) is 33.9 Å². The highest BCUT2D eigenvalue weighted by atomic mass is 79.9. The van der Waals surface area contributed by atoms with Crippen LogP contribution < -0.4 is 0 Å². The zero-order valence-corrected chi connectivity index (χ0v) is 13.0. The smallest absolute Gasteiger partial charge is 0.168 e. The number of carbonyl (C=O) groups excluding carboxylic acids is 1. The molecule has 1 aromatic rings. The van der Waals surface area contributed by atoms with E-state index in [4.69, 9.17) is 4.74 Å². The minimum Gasteiger partial charge on any atom is -0.369 e. The second-order valence-corrected chi connectivity index (χ2v) is 6.18. The van der Waals surface area contributed by atoms with E-state index in [1.54, 1.807) is 11.8 Å². The number of aryl methyl sites for hydroxylation is 2. The standard InChI is InChI=1S/C12H17BrN2O2S/c1-3-15-9(12(13)8(2)14-15)6-10(16)11-7-18-5-4-17-11/h11H,3-7H2,1-2H3. The molecule has 1 unspecified atom stereocenters. The number of aromatic nitrogens is 2. The van der Waals surface area contributed by atoms with E-state index in [1.165, 1.54) is 0 Å². The molecule has 2 rings (SSSR count). The van der Waals surface area contributed by atoms with Crippen molar-refractivity contribution in [2.24, 2.45) is 0 Å². The van der Waals surface area contributed by atoms with E-state index in [-0.39, 0.29) is 11.9 Å². The van der Waals surface area contributed by atoms with Gasteiger partial charge in [0.1, 0.15) is 6.10 Å². The first kappa shape index (κ1) is 14.1. The predicted octanol–water partition coefficient (Wildman–Crippen LogP) is 2.22. The summed E-state index contributed by atoms with van der Waals surface area (Å²) in [6, 6.07) is 0. The number of Topliss-reactive ketones (excluding diaryl/α,β-unsaturated/α-hetero) is 1. The zero-order valence-electron chi connectivity index (χ0n) is 10.6. The minimum absolute atomic E-state index is 0.150. The number of thioether (sulfide) groups is 1. The molecule has 0 aliphatic carbocycles. The Balaban J connectivity index is 2.10. The SMILES string of the molecule is CCn1nc(C)c(Br)c1CC(=O)C1CSCCO1. The molecule has 0 amide bonds. The van der Waals surface area contributed by atoms with Crippen molar-refractivity contribution in [1.29, 1.82) is 0 Å². The Morgan fingerprint density at radius 3 is 3.06 bits per heavy atom. The van der Waals surface area contributed by atoms with Crippen molar-refractivity contribution in [3.63, 3.8) is 0 Å². The molecular formula is C12H17BrN2O2S. The Kier molecular flexibility index (Phi) is 4.86. The van der Waals surface area contributed by atoms with Gasteiger partial charge in [0.15, 0.2) is 5.78 Å². The van der Waals surface area contributed by atoms with Gasteiger partial charge in [-0.25, -0.2) is 0 Å². The van der Waals surface area contributed by atoms with Crippen molar-refractivity contribution in [1.82, 2.24) is 9.78 Å². The Labute approximate surface area is 120 Å². The van der Waals surface area contributed by atoms with Crippen LogP contribution in [-0.4, -0.2) is 39.8 Å². The largest absolute Gasteiger partial charge is 0.369 e. The van der Waals surface area contributed by atoms with Crippen LogP contribution in [0.1, 0.15) is 18.3 Å². The number of rotatable bonds is 4. The molecule has 1 aliphatic rings. The van der Waals surface area contributed by atoms with Gasteiger partial charge in [0, 0.05) is 18.1 Å². The Morgan fingerprint density at radius 1 is 1.67 bits per heavy atom. The highest BCUT2D eigenvalue weighted by Crippen LogP contribution is 2.23. The van der Waals surface area contributed by atoms with Crippen molar-refractivity contribution >= 4 is 33.5 Å². The fraction of sp³-hybridized carbons (Fsp3) is 0.667. The Bertz CT molecular complexity index is 442. The van der Waals surface area contributed by atoms with Crippen LogP contribution in [0, 0.1) is 6.92 Å². The van der Waals surface area contributed by atoms with Crippen molar-refractivity contribution in [2.75, 3.05) is 18.1 Å². The summed E-state index contributed by atoms with van der Waals surface area (Å²) in [5.74, 6) is 1.91. The summed E-state index contributed by atoms with van der Waals surface area (Å²) < 4.78 is 8.34. The molecule has 0 bridgehead atoms. The molecule has 0 radical (unpaired) electrons. The Morgan fingerprint density at radius 2 is 2.44 bits per heavy atom. The molecule has 6 heteroatoms. The van der Waals surface area contributed by atoms with Gasteiger partial charge in [-0.15, -0.1) is 0 Å². The van der Waals surface area contributed by atoms with Crippen LogP contribution in [0.2, 0.25) is 0 Å². The minimum atomic E-state index is -0.254. The van der Waals surface area contributed by atoms with Crippen LogP contribution in [-0.2, 0) is 22.5 Å². The monoisotopic (exact) mass is 332 g/mol. The lowest BCUT2D eigenvalue weighted by Crippen LogP contribution is -2.33. The number of ketones is 1. The summed E-state index contributed by atoms with van der Waals surface area (Å²) in [6.07, 6.45) is 0.136. The first-order valence-electron chi connectivity index (χ1n) is 6.07. The maximum Gasteiger partial charge on any atom is 0.168 e. The van der Waals surface area contributed by atoms with Crippen molar-refractivity contribution in [3.05, 3.63) is 15.9 Å². The maximum atomic E-state index is 12.2. The number of nitrogens with zero attached hydrogens (tertiary/aromatic N) is 2. The van der Waals surface area contributed by atoms with Crippen LogP contribution in [0.25, 0.3) is 0 Å². The molecule has 2 heterocycles. The molecule has 1 saturated heterocycles. The lowest BCUT2D eigenvalue weighted by atomic mass is 10.1. The fourth-order valence-electron chi connectivity index (χ4n) is 1.99. The van der Waals surface area contributed by atoms with Crippen LogP contribution in [0.3, 0.4) is 0 Å². The normalized spacial score (nSPS) is 20.1. The van der Waals surface area contributed by atoms with Crippen LogP contribution in [0.4, 0.5) is 0 Å². The van der Waals surface area contributed by atoms with Gasteiger partial charge in [-0.2, -0.15) is 16.9 Å². The first-order chi connectivity index (χ1) is 8.63. The van der Waals surface area contributed by atoms with Crippen molar-refractivity contribution < 1.29 is 9.53 Å². The Hall–Kier alpha value is -0.330. The zero-order chi connectivity index (χ0) is 13.1. The van der Waals surface area contributed by atoms with Gasteiger partial charge in [-0.3, -0.25) is 9.48 Å². The van der Waals surface area contributed by atoms with E-state index in [2.05, 4.69) is 21.0 Å². The van der Waals surface area contributed by atoms with Crippen molar-refractivity contribution in [2.45, 2.75) is 32.9 Å². The highest BCUT2D eigenvalue weighted by Gasteiger charge is 2.25. The van der Waals surface area contributed by atoms with E-state index in [9.17, 15) is 4.79 Å². The number of carbonyl (C=O) groups is 1. The molecule has 18 heavy (non-hydrogen) atoms. The van der Waals surface area contributed by atoms with Crippen LogP contribution in [0.5, 0.6) is 0 Å². The number of ether oxygens (including phenoxy) is 1. The van der Waals surface area contributed by atoms with Gasteiger partial charge in [-0.1, -0.05) is 0 Å². The number of hydrogen-bond acceptors (Lipinski definition) is 4. The third-order valence-electron chi connectivity index (χ3n) is 2.97. The van der Waals surface area contributed by atoms with Gasteiger partial charge >= 0.3 is 0 Å². The molecular weight excluding hydrogens is 316 g/mol. The highest BCUT2D eigenvalue weighted by molar-refractivity contribution is 9.10. The molecule has 0 spiro atoms.